The minimum atomic E-state index is -0.144. The summed E-state index contributed by atoms with van der Waals surface area (Å²) in [6.07, 6.45) is 1.84. The van der Waals surface area contributed by atoms with Gasteiger partial charge in [0.05, 0.1) is 6.04 Å². The second-order valence-corrected chi connectivity index (χ2v) is 6.00. The van der Waals surface area contributed by atoms with Crippen LogP contribution in [-0.2, 0) is 0 Å². The number of fused-ring (bicyclic) bond motifs is 1. The number of aromatic nitrogens is 1. The van der Waals surface area contributed by atoms with Gasteiger partial charge >= 0.3 is 6.03 Å². The molecule has 0 spiro atoms. The maximum Gasteiger partial charge on any atom is 0.322 e. The zero-order valence-corrected chi connectivity index (χ0v) is 13.4. The zero-order valence-electron chi connectivity index (χ0n) is 13.4. The fourth-order valence-electron chi connectivity index (χ4n) is 3.18. The zero-order chi connectivity index (χ0) is 16.5. The van der Waals surface area contributed by atoms with Gasteiger partial charge in [-0.1, -0.05) is 5.16 Å². The summed E-state index contributed by atoms with van der Waals surface area (Å²) in [4.78, 5) is 14.5. The van der Waals surface area contributed by atoms with Crippen molar-refractivity contribution in [3.05, 3.63) is 35.7 Å². The van der Waals surface area contributed by atoms with Gasteiger partial charge in [-0.2, -0.15) is 0 Å². The van der Waals surface area contributed by atoms with Gasteiger partial charge in [0.25, 0.3) is 0 Å². The van der Waals surface area contributed by atoms with Crippen molar-refractivity contribution in [2.24, 2.45) is 0 Å². The van der Waals surface area contributed by atoms with Crippen LogP contribution >= 0.6 is 0 Å². The molecule has 2 aromatic rings. The Hall–Kier alpha value is -2.70. The number of carbonyl (C=O) groups excluding carboxylic acids is 1. The third-order valence-electron chi connectivity index (χ3n) is 4.29. The molecule has 126 valence electrons. The lowest BCUT2D eigenvalue weighted by molar-refractivity contribution is 0.171. The summed E-state index contributed by atoms with van der Waals surface area (Å²) in [5, 5.41) is 7.00. The molecule has 0 radical (unpaired) electrons. The number of carbonyl (C=O) groups is 1. The molecule has 7 nitrogen and oxygen atoms in total. The van der Waals surface area contributed by atoms with Crippen molar-refractivity contribution in [2.75, 3.05) is 25.1 Å². The Morgan fingerprint density at radius 1 is 1.25 bits per heavy atom. The van der Waals surface area contributed by atoms with E-state index < -0.39 is 0 Å². The minimum absolute atomic E-state index is 0.0420. The number of anilines is 1. The van der Waals surface area contributed by atoms with Crippen molar-refractivity contribution in [3.63, 3.8) is 0 Å². The average molecular weight is 329 g/mol. The van der Waals surface area contributed by atoms with E-state index in [0.717, 1.165) is 24.3 Å². The molecule has 4 rings (SSSR count). The number of benzene rings is 1. The van der Waals surface area contributed by atoms with E-state index in [1.165, 1.54) is 0 Å². The highest BCUT2D eigenvalue weighted by atomic mass is 16.6. The van der Waals surface area contributed by atoms with Crippen molar-refractivity contribution in [1.29, 1.82) is 0 Å². The van der Waals surface area contributed by atoms with Gasteiger partial charge in [-0.05, 0) is 31.9 Å². The summed E-state index contributed by atoms with van der Waals surface area (Å²) in [7, 11) is 0. The lowest BCUT2D eigenvalue weighted by Gasteiger charge is -2.24. The highest BCUT2D eigenvalue weighted by Gasteiger charge is 2.32. The summed E-state index contributed by atoms with van der Waals surface area (Å²) >= 11 is 0. The minimum Gasteiger partial charge on any atom is -0.486 e. The number of hydrogen-bond acceptors (Lipinski definition) is 5. The van der Waals surface area contributed by atoms with Crippen LogP contribution in [0.25, 0.3) is 0 Å². The summed E-state index contributed by atoms with van der Waals surface area (Å²) in [6, 6.07) is 7.12. The van der Waals surface area contributed by atoms with Crippen molar-refractivity contribution in [1.82, 2.24) is 10.1 Å². The molecule has 2 amide bonds. The van der Waals surface area contributed by atoms with Crippen LogP contribution in [0.3, 0.4) is 0 Å². The highest BCUT2D eigenvalue weighted by Crippen LogP contribution is 2.34. The Morgan fingerprint density at radius 3 is 2.88 bits per heavy atom. The van der Waals surface area contributed by atoms with Gasteiger partial charge in [-0.15, -0.1) is 0 Å². The Labute approximate surface area is 139 Å². The molecular formula is C17H19N3O4. The first kappa shape index (κ1) is 14.9. The molecule has 1 saturated heterocycles. The smallest absolute Gasteiger partial charge is 0.322 e. The summed E-state index contributed by atoms with van der Waals surface area (Å²) in [5.41, 5.74) is 1.49. The van der Waals surface area contributed by atoms with Crippen LogP contribution in [0.5, 0.6) is 11.5 Å². The Kier molecular flexibility index (Phi) is 3.76. The van der Waals surface area contributed by atoms with Gasteiger partial charge in [0, 0.05) is 24.4 Å². The average Bonchev–Trinajstić information content (AvgIpc) is 3.23. The van der Waals surface area contributed by atoms with E-state index in [-0.39, 0.29) is 12.1 Å². The Bertz CT molecular complexity index is 758. The van der Waals surface area contributed by atoms with Crippen molar-refractivity contribution < 1.29 is 18.8 Å². The molecular weight excluding hydrogens is 310 g/mol. The van der Waals surface area contributed by atoms with E-state index in [4.69, 9.17) is 14.0 Å². The standard InChI is InChI=1S/C17H19N3O4/c1-11-9-13(19-24-11)14-3-2-6-20(14)17(21)18-12-4-5-15-16(10-12)23-8-7-22-15/h4-5,9-10,14H,2-3,6-8H2,1H3,(H,18,21)/t14-/m1/s1. The molecule has 2 aliphatic rings. The second kappa shape index (κ2) is 6.07. The van der Waals surface area contributed by atoms with E-state index in [1.54, 1.807) is 11.0 Å². The van der Waals surface area contributed by atoms with E-state index in [9.17, 15) is 4.79 Å². The third kappa shape index (κ3) is 2.77. The molecule has 1 fully saturated rings. The van der Waals surface area contributed by atoms with Gasteiger partial charge in [0.15, 0.2) is 11.5 Å². The van der Waals surface area contributed by atoms with Crippen LogP contribution in [0.15, 0.2) is 28.8 Å². The predicted molar refractivity (Wildman–Crippen MR) is 86.4 cm³/mol. The van der Waals surface area contributed by atoms with Gasteiger partial charge < -0.3 is 24.2 Å². The molecule has 1 aromatic carbocycles. The van der Waals surface area contributed by atoms with Gasteiger partial charge in [-0.25, -0.2) is 4.79 Å². The van der Waals surface area contributed by atoms with Gasteiger partial charge in [0.2, 0.25) is 0 Å². The van der Waals surface area contributed by atoms with Crippen LogP contribution in [0, 0.1) is 6.92 Å². The predicted octanol–water partition coefficient (Wildman–Crippen LogP) is 3.12. The molecule has 1 aromatic heterocycles. The number of rotatable bonds is 2. The van der Waals surface area contributed by atoms with Crippen LogP contribution in [0.4, 0.5) is 10.5 Å². The van der Waals surface area contributed by atoms with Gasteiger partial charge in [-0.3, -0.25) is 0 Å². The van der Waals surface area contributed by atoms with E-state index in [1.807, 2.05) is 25.1 Å². The van der Waals surface area contributed by atoms with Crippen LogP contribution in [-0.4, -0.2) is 35.8 Å². The fourth-order valence-corrected chi connectivity index (χ4v) is 3.18. The first-order chi connectivity index (χ1) is 11.7. The van der Waals surface area contributed by atoms with E-state index in [0.29, 0.717) is 36.9 Å². The molecule has 1 N–H and O–H groups in total. The number of amides is 2. The molecule has 24 heavy (non-hydrogen) atoms. The molecule has 7 heteroatoms. The SMILES string of the molecule is Cc1cc([C@H]2CCCN2C(=O)Nc2ccc3c(c2)OCCO3)no1. The molecule has 3 heterocycles. The van der Waals surface area contributed by atoms with Crippen LogP contribution in [0.1, 0.15) is 30.3 Å². The van der Waals surface area contributed by atoms with Crippen LogP contribution in [0.2, 0.25) is 0 Å². The normalized spacial score (nSPS) is 19.4. The quantitative estimate of drug-likeness (QED) is 0.916. The molecule has 0 saturated carbocycles. The molecule has 1 atom stereocenters. The first-order valence-corrected chi connectivity index (χ1v) is 8.11. The highest BCUT2D eigenvalue weighted by molar-refractivity contribution is 5.90. The first-order valence-electron chi connectivity index (χ1n) is 8.11. The van der Waals surface area contributed by atoms with Crippen LogP contribution < -0.4 is 14.8 Å². The number of likely N-dealkylation sites (tertiary alicyclic amines) is 1. The third-order valence-corrected chi connectivity index (χ3v) is 4.29. The molecule has 0 unspecified atom stereocenters. The lowest BCUT2D eigenvalue weighted by atomic mass is 10.1. The Morgan fingerprint density at radius 2 is 2.08 bits per heavy atom. The largest absolute Gasteiger partial charge is 0.486 e. The van der Waals surface area contributed by atoms with Crippen molar-refractivity contribution in [2.45, 2.75) is 25.8 Å². The Balaban J connectivity index is 1.49. The number of nitrogens with one attached hydrogen (secondary N) is 1. The maximum absolute atomic E-state index is 12.7. The number of urea groups is 1. The fraction of sp³-hybridized carbons (Fsp3) is 0.412. The second-order valence-electron chi connectivity index (χ2n) is 6.00. The number of nitrogens with zero attached hydrogens (tertiary/aromatic N) is 2. The van der Waals surface area contributed by atoms with E-state index in [2.05, 4.69) is 10.5 Å². The summed E-state index contributed by atoms with van der Waals surface area (Å²) in [6.45, 7) is 3.62. The molecule has 2 aliphatic heterocycles. The number of hydrogen-bond donors (Lipinski definition) is 1. The molecule has 0 aliphatic carbocycles. The number of ether oxygens (including phenoxy) is 2. The number of aryl methyl sites for hydroxylation is 1. The summed E-state index contributed by atoms with van der Waals surface area (Å²) < 4.78 is 16.2. The van der Waals surface area contributed by atoms with Gasteiger partial charge in [0.1, 0.15) is 24.7 Å². The lowest BCUT2D eigenvalue weighted by Crippen LogP contribution is -2.34. The molecule has 0 bridgehead atoms. The van der Waals surface area contributed by atoms with Crippen molar-refractivity contribution in [3.8, 4) is 11.5 Å². The van der Waals surface area contributed by atoms with E-state index >= 15 is 0 Å². The monoisotopic (exact) mass is 329 g/mol. The summed E-state index contributed by atoms with van der Waals surface area (Å²) in [5.74, 6) is 2.12. The maximum atomic E-state index is 12.7. The topological polar surface area (TPSA) is 76.8 Å². The van der Waals surface area contributed by atoms with Crippen molar-refractivity contribution >= 4 is 11.7 Å².